The fourth-order valence-corrected chi connectivity index (χ4v) is 7.51. The van der Waals surface area contributed by atoms with Crippen molar-refractivity contribution in [2.75, 3.05) is 6.61 Å². The number of carbonyl (C=O) groups is 1. The van der Waals surface area contributed by atoms with E-state index in [1.807, 2.05) is 0 Å². The summed E-state index contributed by atoms with van der Waals surface area (Å²) in [7, 11) is 0. The Morgan fingerprint density at radius 2 is 1.82 bits per heavy atom. The molecule has 0 radical (unpaired) electrons. The Morgan fingerprint density at radius 1 is 1.09 bits per heavy atom. The fraction of sp³-hybridized carbons (Fsp3) is 0.947. The van der Waals surface area contributed by atoms with E-state index in [9.17, 15) is 15.0 Å². The van der Waals surface area contributed by atoms with Crippen LogP contribution in [0.3, 0.4) is 0 Å². The Bertz CT molecular complexity index is 517. The van der Waals surface area contributed by atoms with Gasteiger partial charge in [-0.05, 0) is 73.0 Å². The molecule has 0 aromatic heterocycles. The summed E-state index contributed by atoms with van der Waals surface area (Å²) in [5.41, 5.74) is -0.664. The third-order valence-electron chi connectivity index (χ3n) is 8.45. The van der Waals surface area contributed by atoms with Crippen LogP contribution >= 0.6 is 0 Å². The smallest absolute Gasteiger partial charge is 0.164 e. The summed E-state index contributed by atoms with van der Waals surface area (Å²) in [6.45, 7) is 4.99. The lowest BCUT2D eigenvalue weighted by atomic mass is 9.41. The van der Waals surface area contributed by atoms with Crippen molar-refractivity contribution in [1.29, 1.82) is 0 Å². The first-order valence-electron chi connectivity index (χ1n) is 9.15. The molecule has 22 heavy (non-hydrogen) atoms. The molecule has 0 aliphatic heterocycles. The lowest BCUT2D eigenvalue weighted by molar-refractivity contribution is -0.172. The van der Waals surface area contributed by atoms with E-state index in [1.165, 1.54) is 12.8 Å². The summed E-state index contributed by atoms with van der Waals surface area (Å²) in [6.07, 6.45) is 8.71. The van der Waals surface area contributed by atoms with Gasteiger partial charge in [-0.1, -0.05) is 20.3 Å². The predicted molar refractivity (Wildman–Crippen MR) is 84.2 cm³/mol. The first-order valence-corrected chi connectivity index (χ1v) is 9.15. The van der Waals surface area contributed by atoms with Crippen LogP contribution in [0.25, 0.3) is 0 Å². The fourth-order valence-electron chi connectivity index (χ4n) is 7.51. The van der Waals surface area contributed by atoms with Gasteiger partial charge in [0.05, 0.1) is 0 Å². The molecule has 2 N–H and O–H groups in total. The minimum Gasteiger partial charge on any atom is -0.396 e. The van der Waals surface area contributed by atoms with Gasteiger partial charge in [-0.2, -0.15) is 0 Å². The zero-order valence-electron chi connectivity index (χ0n) is 14.0. The number of hydrogen-bond acceptors (Lipinski definition) is 3. The Balaban J connectivity index is 1.74. The highest BCUT2D eigenvalue weighted by Gasteiger charge is 2.67. The van der Waals surface area contributed by atoms with Gasteiger partial charge in [0.1, 0.15) is 5.60 Å². The molecular weight excluding hydrogens is 276 g/mol. The third-order valence-corrected chi connectivity index (χ3v) is 8.45. The second-order valence-corrected chi connectivity index (χ2v) is 9.52. The number of fused-ring (bicyclic) bond motifs is 3. The molecule has 124 valence electrons. The van der Waals surface area contributed by atoms with Crippen molar-refractivity contribution in [3.05, 3.63) is 0 Å². The lowest BCUT2D eigenvalue weighted by Crippen LogP contribution is -2.58. The van der Waals surface area contributed by atoms with Crippen LogP contribution in [0.2, 0.25) is 0 Å². The largest absolute Gasteiger partial charge is 0.396 e. The monoisotopic (exact) mass is 306 g/mol. The van der Waals surface area contributed by atoms with Gasteiger partial charge >= 0.3 is 0 Å². The molecule has 3 nitrogen and oxygen atoms in total. The summed E-state index contributed by atoms with van der Waals surface area (Å²) >= 11 is 0. The molecule has 4 fully saturated rings. The zero-order chi connectivity index (χ0) is 15.8. The maximum Gasteiger partial charge on any atom is 0.164 e. The maximum atomic E-state index is 12.4. The van der Waals surface area contributed by atoms with E-state index in [0.29, 0.717) is 31.1 Å². The number of ketones is 1. The van der Waals surface area contributed by atoms with Crippen LogP contribution in [0.4, 0.5) is 0 Å². The number of aliphatic hydroxyl groups is 2. The lowest BCUT2D eigenvalue weighted by Gasteiger charge is -2.64. The number of carbonyl (C=O) groups excluding carboxylic acids is 1. The summed E-state index contributed by atoms with van der Waals surface area (Å²) in [5, 5.41) is 20.7. The Labute approximate surface area is 133 Å². The molecule has 4 saturated carbocycles. The molecule has 4 aliphatic rings. The third kappa shape index (κ3) is 1.67. The topological polar surface area (TPSA) is 57.5 Å². The molecule has 0 amide bonds. The van der Waals surface area contributed by atoms with E-state index in [0.717, 1.165) is 25.7 Å². The van der Waals surface area contributed by atoms with E-state index in [1.54, 1.807) is 0 Å². The predicted octanol–water partition coefficient (Wildman–Crippen LogP) is 3.08. The average molecular weight is 306 g/mol. The minimum absolute atomic E-state index is 0.0466. The summed E-state index contributed by atoms with van der Waals surface area (Å²) in [5.74, 6) is 1.23. The molecule has 4 rings (SSSR count). The normalized spacial score (nSPS) is 57.4. The van der Waals surface area contributed by atoms with Crippen LogP contribution in [0, 0.1) is 28.1 Å². The molecule has 0 heterocycles. The van der Waals surface area contributed by atoms with Gasteiger partial charge in [-0.3, -0.25) is 4.79 Å². The van der Waals surface area contributed by atoms with Crippen LogP contribution in [0.15, 0.2) is 0 Å². The van der Waals surface area contributed by atoms with Gasteiger partial charge < -0.3 is 10.2 Å². The average Bonchev–Trinajstić information content (AvgIpc) is 2.64. The van der Waals surface area contributed by atoms with Crippen molar-refractivity contribution in [3.63, 3.8) is 0 Å². The van der Waals surface area contributed by atoms with Crippen molar-refractivity contribution in [2.45, 2.75) is 77.2 Å². The summed E-state index contributed by atoms with van der Waals surface area (Å²) in [4.78, 5) is 12.4. The molecule has 1 spiro atoms. The van der Waals surface area contributed by atoms with Gasteiger partial charge in [0, 0.05) is 13.0 Å². The van der Waals surface area contributed by atoms with Crippen LogP contribution in [0.5, 0.6) is 0 Å². The van der Waals surface area contributed by atoms with Crippen molar-refractivity contribution >= 4 is 5.78 Å². The van der Waals surface area contributed by atoms with Gasteiger partial charge in [0.15, 0.2) is 5.78 Å². The Kier molecular flexibility index (Phi) is 3.00. The van der Waals surface area contributed by atoms with Gasteiger partial charge in [-0.25, -0.2) is 0 Å². The molecular formula is C19H30O3. The minimum atomic E-state index is -1.01. The molecule has 3 unspecified atom stereocenters. The first-order chi connectivity index (χ1) is 10.3. The van der Waals surface area contributed by atoms with Crippen LogP contribution < -0.4 is 0 Å². The van der Waals surface area contributed by atoms with E-state index < -0.39 is 5.60 Å². The van der Waals surface area contributed by atoms with E-state index in [-0.39, 0.29) is 28.6 Å². The summed E-state index contributed by atoms with van der Waals surface area (Å²) < 4.78 is 0. The Hall–Kier alpha value is -0.410. The molecule has 6 atom stereocenters. The highest BCUT2D eigenvalue weighted by atomic mass is 16.3. The second kappa shape index (κ2) is 4.36. The summed E-state index contributed by atoms with van der Waals surface area (Å²) in [6, 6.07) is 0. The first kappa shape index (κ1) is 15.1. The molecule has 3 heteroatoms. The van der Waals surface area contributed by atoms with Crippen LogP contribution in [-0.4, -0.2) is 28.2 Å². The number of hydrogen-bond donors (Lipinski definition) is 2. The van der Waals surface area contributed by atoms with Crippen molar-refractivity contribution in [2.24, 2.45) is 28.1 Å². The zero-order valence-corrected chi connectivity index (χ0v) is 14.0. The molecule has 4 aliphatic carbocycles. The molecule has 0 saturated heterocycles. The van der Waals surface area contributed by atoms with Gasteiger partial charge in [0.2, 0.25) is 0 Å². The standard InChI is InChI=1S/C19H30O3/c1-16(12-20)6-3-7-17(2)13(16)4-8-18-10-15(21)19(22,11-18)9-5-14(17)18/h13-14,20,22H,3-12H2,1-2H3/t13-,14?,16?,17?,18-,19+/m1/s1. The number of Topliss-reactive ketones (excluding diaryl/α,β-unsaturated/α-hetero) is 1. The number of aliphatic hydroxyl groups excluding tert-OH is 1. The van der Waals surface area contributed by atoms with E-state index >= 15 is 0 Å². The van der Waals surface area contributed by atoms with Gasteiger partial charge in [-0.15, -0.1) is 0 Å². The molecule has 0 aromatic rings. The van der Waals surface area contributed by atoms with Crippen molar-refractivity contribution in [1.82, 2.24) is 0 Å². The Morgan fingerprint density at radius 3 is 2.55 bits per heavy atom. The van der Waals surface area contributed by atoms with Crippen molar-refractivity contribution < 1.29 is 15.0 Å². The SMILES string of the molecule is CC1(CO)CCCC2(C)C3CC[C@]4(O)C[C@@]3(CC[C@H]12)CC4=O. The van der Waals surface area contributed by atoms with E-state index in [2.05, 4.69) is 13.8 Å². The van der Waals surface area contributed by atoms with Crippen molar-refractivity contribution in [3.8, 4) is 0 Å². The second-order valence-electron chi connectivity index (χ2n) is 9.52. The maximum absolute atomic E-state index is 12.4. The van der Waals surface area contributed by atoms with Crippen LogP contribution in [-0.2, 0) is 4.79 Å². The molecule has 2 bridgehead atoms. The quantitative estimate of drug-likeness (QED) is 0.783. The molecule has 0 aromatic carbocycles. The van der Waals surface area contributed by atoms with E-state index in [4.69, 9.17) is 0 Å². The highest BCUT2D eigenvalue weighted by molar-refractivity contribution is 5.90. The highest BCUT2D eigenvalue weighted by Crippen LogP contribution is 2.71. The van der Waals surface area contributed by atoms with Crippen LogP contribution in [0.1, 0.15) is 71.6 Å². The number of rotatable bonds is 1. The van der Waals surface area contributed by atoms with Gasteiger partial charge in [0.25, 0.3) is 0 Å².